The Morgan fingerprint density at radius 1 is 0.543 bits per heavy atom. The van der Waals surface area contributed by atoms with Gasteiger partial charge in [-0.3, -0.25) is 48.1 Å². The molecule has 0 spiro atoms. The summed E-state index contributed by atoms with van der Waals surface area (Å²) >= 11 is 35.4. The number of nitrogens with two attached hydrogens (primary N) is 3. The highest BCUT2D eigenvalue weighted by Gasteiger charge is 2.40. The van der Waals surface area contributed by atoms with Gasteiger partial charge in [-0.15, -0.1) is 0 Å². The number of nitrogens with one attached hydrogen (secondary N) is 2. The van der Waals surface area contributed by atoms with Crippen molar-refractivity contribution in [3.63, 3.8) is 0 Å². The van der Waals surface area contributed by atoms with Crippen LogP contribution < -0.4 is 53.8 Å². The number of piperidine rings is 2. The first kappa shape index (κ1) is 103. The fourth-order valence-electron chi connectivity index (χ4n) is 17.0. The summed E-state index contributed by atoms with van der Waals surface area (Å²) in [5.41, 5.74) is 13.2. The van der Waals surface area contributed by atoms with Gasteiger partial charge in [0.25, 0.3) is 17.4 Å². The Hall–Kier alpha value is -7.94. The minimum absolute atomic E-state index is 0.0647. The van der Waals surface area contributed by atoms with E-state index in [0.29, 0.717) is 113 Å². The van der Waals surface area contributed by atoms with Gasteiger partial charge in [0.15, 0.2) is 11.3 Å². The number of anilines is 2. The van der Waals surface area contributed by atoms with Gasteiger partial charge in [-0.05, 0) is 210 Å². The predicted octanol–water partition coefficient (Wildman–Crippen LogP) is 12.1. The summed E-state index contributed by atoms with van der Waals surface area (Å²) < 4.78 is 44.6. The molecule has 5 amide bonds. The van der Waals surface area contributed by atoms with Crippen LogP contribution >= 0.6 is 69.6 Å². The molecule has 8 aliphatic rings. The molecule has 7 saturated heterocycles. The number of carbonyl (C=O) groups is 5. The Morgan fingerprint density at radius 3 is 1.50 bits per heavy atom. The monoisotopic (exact) mass is 1890 g/mol. The topological polar surface area (TPSA) is 409 Å². The molecule has 8 aliphatic heterocycles. The molecular formula is C86H127Cl6FN20O14. The zero-order chi connectivity index (χ0) is 93.1. The molecule has 14 heterocycles. The second-order valence-electron chi connectivity index (χ2n) is 35.7. The Balaban J connectivity index is 0.000000184. The molecule has 0 saturated carbocycles. The fourth-order valence-corrected chi connectivity index (χ4v) is 18.5. The highest BCUT2D eigenvalue weighted by molar-refractivity contribution is 6.37. The van der Waals surface area contributed by atoms with E-state index in [-0.39, 0.29) is 114 Å². The van der Waals surface area contributed by atoms with E-state index in [1.807, 2.05) is 62.3 Å². The number of ether oxygens (including phenoxy) is 5. The summed E-state index contributed by atoms with van der Waals surface area (Å²) in [5, 5.41) is 13.7. The molecule has 127 heavy (non-hydrogen) atoms. The number of halogens is 7. The number of piperazine rings is 1. The third-order valence-electron chi connectivity index (χ3n) is 23.2. The van der Waals surface area contributed by atoms with E-state index in [0.717, 1.165) is 116 Å². The third-order valence-corrected chi connectivity index (χ3v) is 24.5. The predicted molar refractivity (Wildman–Crippen MR) is 493 cm³/mol. The van der Waals surface area contributed by atoms with Crippen LogP contribution in [-0.2, 0) is 27.3 Å². The SMILES string of the molecule is CC(C)(C)OC(=O)N1CCC[C@@H](CO)C1.CCN1CCC[C@H]1CN.CCN1CCC[C@H]1CNc1nc(Cl)cc(Cl)c1C(N)=O.CCN1CCC[C@H]1Cn1c(=O)[nH]c(=O)c2c(OC[C@@H]3CCCN(C(=O)OC(C)(C)C)C3)cc(Cl)nc21.CCN1CCC[C@H]1Cn1c(=O)nc2c3c(cc(Cl)nc31)OC[C@H]1CN(C(=O)OC(C)(C)C)CCN21.NC(=O)c1c(Cl)cc(Cl)nc1F. The summed E-state index contributed by atoms with van der Waals surface area (Å²) in [5.74, 6) is -0.604. The van der Waals surface area contributed by atoms with Crippen LogP contribution in [0.25, 0.3) is 22.1 Å². The lowest BCUT2D eigenvalue weighted by Crippen LogP contribution is -2.57. The number of fused-ring (bicyclic) bond motifs is 3. The molecule has 0 aromatic carbocycles. The number of likely N-dealkylation sites (N-methyl/N-ethyl adjacent to an activating group) is 4. The zero-order valence-electron chi connectivity index (χ0n) is 75.2. The minimum atomic E-state index is -1.06. The van der Waals surface area contributed by atoms with Crippen LogP contribution in [0.4, 0.5) is 30.4 Å². The van der Waals surface area contributed by atoms with E-state index in [2.05, 4.69) is 87.4 Å². The summed E-state index contributed by atoms with van der Waals surface area (Å²) in [6.45, 7) is 40.8. The maximum Gasteiger partial charge on any atom is 0.410 e. The van der Waals surface area contributed by atoms with Gasteiger partial charge < -0.3 is 70.9 Å². The van der Waals surface area contributed by atoms with Gasteiger partial charge in [0, 0.05) is 121 Å². The molecular weight excluding hydrogens is 1770 g/mol. The van der Waals surface area contributed by atoms with Crippen molar-refractivity contribution in [3.05, 3.63) is 103 Å². The molecule has 7 fully saturated rings. The van der Waals surface area contributed by atoms with Gasteiger partial charge in [0.2, 0.25) is 5.95 Å². The van der Waals surface area contributed by atoms with E-state index < -0.39 is 51.4 Å². The first-order valence-corrected chi connectivity index (χ1v) is 46.2. The van der Waals surface area contributed by atoms with Crippen molar-refractivity contribution < 1.29 is 57.2 Å². The van der Waals surface area contributed by atoms with Gasteiger partial charge in [-0.2, -0.15) is 9.37 Å². The van der Waals surface area contributed by atoms with Crippen molar-refractivity contribution in [2.45, 2.75) is 227 Å². The minimum Gasteiger partial charge on any atom is -0.492 e. The number of rotatable bonds is 18. The maximum absolute atomic E-state index is 13.4. The van der Waals surface area contributed by atoms with Crippen LogP contribution in [0.1, 0.15) is 188 Å². The third kappa shape index (κ3) is 28.8. The van der Waals surface area contributed by atoms with E-state index >= 15 is 0 Å². The number of amides is 5. The average molecular weight is 1900 g/mol. The normalized spacial score (nSPS) is 21.0. The number of primary amides is 2. The van der Waals surface area contributed by atoms with E-state index in [9.17, 15) is 42.7 Å². The molecule has 6 aromatic heterocycles. The summed E-state index contributed by atoms with van der Waals surface area (Å²) in [4.78, 5) is 138. The number of aromatic nitrogens is 8. The lowest BCUT2D eigenvalue weighted by atomic mass is 9.99. The molecule has 0 radical (unpaired) electrons. The standard InChI is InChI=1S/C25H36ClN5O5.C24H33ClN6O4.C13H18Cl2N4O.C11H21NO3.C7H16N2.C6H3Cl2FN2O/c1-5-29-10-7-9-17(29)14-31-21-20(22(32)28-23(31)33)18(12-19(26)27-21)35-15-16-8-6-11-30(13-16)24(34)36-25(2,3)4;1-5-28-8-6-7-15(28)13-31-20-19-17(11-18(25)26-20)34-14-16-12-29(23(33)35-24(2,3)4)9-10-30(16)21(19)27-22(31)32;1-2-19-5-3-4-8(19)7-17-13-11(12(16)20)9(14)6-10(15)18-13;1-11(2,3)15-10(14)12-6-4-5-9(7-12)8-13;1-2-9-5-3-4-7(9)6-8;7-2-1-3(8)11-5(9)4(2)6(10)12/h12,16-17H,5-11,13-15H2,1-4H3,(H,28,32,33);11,15-16H,5-10,12-14H2,1-4H3;6,8H,2-5,7H2,1H3,(H2,16,20)(H,17,18);9,13H,4-8H2,1-3H3;7H,2-6,8H2,1H3;1H,(H2,10,12)/t16-,17+;15-,16+;8-;9-;7-;/m10010./s1. The van der Waals surface area contributed by atoms with Crippen LogP contribution in [0.15, 0.2) is 38.6 Å². The van der Waals surface area contributed by atoms with Crippen LogP contribution in [0.2, 0.25) is 30.7 Å². The van der Waals surface area contributed by atoms with Crippen LogP contribution in [0.5, 0.6) is 11.5 Å². The van der Waals surface area contributed by atoms with Crippen LogP contribution in [0, 0.1) is 17.8 Å². The Kier molecular flexibility index (Phi) is 37.8. The lowest BCUT2D eigenvalue weighted by Gasteiger charge is -2.41. The zero-order valence-corrected chi connectivity index (χ0v) is 79.8. The molecule has 704 valence electrons. The lowest BCUT2D eigenvalue weighted by molar-refractivity contribution is 0.0124. The van der Waals surface area contributed by atoms with Gasteiger partial charge in [0.1, 0.15) is 89.1 Å². The summed E-state index contributed by atoms with van der Waals surface area (Å²) in [7, 11) is 0. The molecule has 34 nitrogen and oxygen atoms in total. The highest BCUT2D eigenvalue weighted by Crippen LogP contribution is 2.39. The number of aromatic amines is 1. The highest BCUT2D eigenvalue weighted by atomic mass is 35.5. The van der Waals surface area contributed by atoms with Gasteiger partial charge in [0.05, 0.1) is 22.7 Å². The van der Waals surface area contributed by atoms with Crippen molar-refractivity contribution in [2.75, 3.05) is 141 Å². The number of likely N-dealkylation sites (tertiary alicyclic amines) is 6. The average Bonchev–Trinajstić information content (AvgIpc) is 1.68. The number of pyridine rings is 4. The van der Waals surface area contributed by atoms with Crippen molar-refractivity contribution >= 4 is 133 Å². The molecule has 0 aliphatic carbocycles. The number of carbonyl (C=O) groups excluding carboxylic acids is 5. The van der Waals surface area contributed by atoms with Crippen molar-refractivity contribution in [2.24, 2.45) is 29.0 Å². The summed E-state index contributed by atoms with van der Waals surface area (Å²) in [6.07, 6.45) is 11.9. The number of hydrogen-bond donors (Lipinski definition) is 6. The number of aliphatic hydroxyl groups excluding tert-OH is 1. The molecule has 41 heteroatoms. The van der Waals surface area contributed by atoms with Crippen molar-refractivity contribution in [3.8, 4) is 11.5 Å². The molecule has 6 aromatic rings. The largest absolute Gasteiger partial charge is 0.492 e. The molecule has 0 unspecified atom stereocenters. The Morgan fingerprint density at radius 2 is 0.992 bits per heavy atom. The van der Waals surface area contributed by atoms with Gasteiger partial charge in [-0.1, -0.05) is 97.3 Å². The first-order valence-electron chi connectivity index (χ1n) is 43.9. The second-order valence-corrected chi connectivity index (χ2v) is 38.1. The maximum atomic E-state index is 13.4. The van der Waals surface area contributed by atoms with E-state index in [1.165, 1.54) is 49.1 Å². The molecule has 9 N–H and O–H groups in total. The van der Waals surface area contributed by atoms with E-state index in [4.69, 9.17) is 116 Å². The molecule has 7 atom stereocenters. The summed E-state index contributed by atoms with van der Waals surface area (Å²) in [6, 6.07) is 7.14. The quantitative estimate of drug-likeness (QED) is 0.0344. The van der Waals surface area contributed by atoms with Crippen LogP contribution in [-0.4, -0.2) is 287 Å². The fraction of sp³-hybridized carbons (Fsp3) is 0.663. The van der Waals surface area contributed by atoms with Gasteiger partial charge in [-0.25, -0.2) is 43.9 Å². The van der Waals surface area contributed by atoms with Crippen molar-refractivity contribution in [1.82, 2.24) is 73.3 Å². The van der Waals surface area contributed by atoms with E-state index in [1.54, 1.807) is 25.3 Å². The molecule has 14 rings (SSSR count). The molecule has 0 bridgehead atoms. The number of hydrogen-bond acceptors (Lipinski definition) is 26. The Bertz CT molecular complexity index is 4930. The first-order chi connectivity index (χ1) is 60.0. The second kappa shape index (κ2) is 46.7. The Labute approximate surface area is 771 Å². The van der Waals surface area contributed by atoms with Crippen LogP contribution in [0.3, 0.4) is 0 Å². The number of H-pyrrole nitrogens is 1. The van der Waals surface area contributed by atoms with Gasteiger partial charge >= 0.3 is 29.7 Å². The number of nitrogens with zero attached hydrogens (tertiary/aromatic N) is 15. The van der Waals surface area contributed by atoms with Crippen molar-refractivity contribution in [1.29, 1.82) is 0 Å². The number of aliphatic hydroxyl groups is 1. The smallest absolute Gasteiger partial charge is 0.410 e.